The van der Waals surface area contributed by atoms with Gasteiger partial charge in [0.15, 0.2) is 0 Å². The molecule has 1 aromatic heterocycles. The van der Waals surface area contributed by atoms with Gasteiger partial charge in [0, 0.05) is 38.3 Å². The van der Waals surface area contributed by atoms with Crippen LogP contribution in [0.3, 0.4) is 0 Å². The molecule has 1 saturated heterocycles. The van der Waals surface area contributed by atoms with Crippen molar-refractivity contribution in [1.82, 2.24) is 19.4 Å². The molecule has 9 nitrogen and oxygen atoms in total. The first-order valence-electron chi connectivity index (χ1n) is 9.78. The molecule has 2 amide bonds. The van der Waals surface area contributed by atoms with E-state index in [0.717, 1.165) is 42.9 Å². The molecule has 2 N–H and O–H groups in total. The number of piperazine rings is 1. The first-order chi connectivity index (χ1) is 13.3. The van der Waals surface area contributed by atoms with Gasteiger partial charge in [-0.1, -0.05) is 26.2 Å². The molecule has 9 heteroatoms. The molecule has 1 unspecified atom stereocenters. The molecule has 0 aromatic carbocycles. The molecule has 2 fully saturated rings. The fourth-order valence-corrected chi connectivity index (χ4v) is 4.26. The Morgan fingerprint density at radius 1 is 1.21 bits per heavy atom. The van der Waals surface area contributed by atoms with Gasteiger partial charge in [0.25, 0.3) is 11.5 Å². The maximum Gasteiger partial charge on any atom is 0.328 e. The van der Waals surface area contributed by atoms with E-state index in [9.17, 15) is 24.3 Å². The largest absolute Gasteiger partial charge is 0.394 e. The predicted octanol–water partition coefficient (Wildman–Crippen LogP) is -0.311. The van der Waals surface area contributed by atoms with Crippen LogP contribution in [0.5, 0.6) is 0 Å². The molecule has 3 rings (SSSR count). The quantitative estimate of drug-likeness (QED) is 0.732. The Kier molecular flexibility index (Phi) is 5.74. The summed E-state index contributed by atoms with van der Waals surface area (Å²) in [7, 11) is 1.29. The van der Waals surface area contributed by atoms with Crippen molar-refractivity contribution >= 4 is 11.8 Å². The molecule has 1 atom stereocenters. The van der Waals surface area contributed by atoms with Gasteiger partial charge in [0.2, 0.25) is 5.91 Å². The van der Waals surface area contributed by atoms with Crippen molar-refractivity contribution in [3.05, 3.63) is 32.6 Å². The summed E-state index contributed by atoms with van der Waals surface area (Å²) < 4.78 is 0.838. The number of aliphatic hydroxyl groups is 1. The molecule has 2 aliphatic rings. The molecule has 28 heavy (non-hydrogen) atoms. The molecular weight excluding hydrogens is 364 g/mol. The monoisotopic (exact) mass is 392 g/mol. The van der Waals surface area contributed by atoms with Gasteiger partial charge in [0.05, 0.1) is 12.6 Å². The number of amides is 2. The number of hydrogen-bond acceptors (Lipinski definition) is 5. The number of rotatable bonds is 3. The van der Waals surface area contributed by atoms with Crippen molar-refractivity contribution in [1.29, 1.82) is 0 Å². The molecule has 1 aliphatic carbocycles. The highest BCUT2D eigenvalue weighted by atomic mass is 16.3. The van der Waals surface area contributed by atoms with Crippen LogP contribution < -0.4 is 11.2 Å². The lowest BCUT2D eigenvalue weighted by atomic mass is 9.74. The summed E-state index contributed by atoms with van der Waals surface area (Å²) in [6.07, 6.45) is 6.07. The Hall–Kier alpha value is -2.42. The number of carbonyl (C=O) groups excluding carboxylic acids is 2. The van der Waals surface area contributed by atoms with Crippen LogP contribution in [0.1, 0.15) is 49.4 Å². The normalized spacial score (nSPS) is 22.2. The van der Waals surface area contributed by atoms with Gasteiger partial charge >= 0.3 is 5.69 Å². The minimum atomic E-state index is -0.682. The second-order valence-electron chi connectivity index (χ2n) is 8.08. The average molecular weight is 392 g/mol. The molecule has 154 valence electrons. The third-order valence-electron chi connectivity index (χ3n) is 6.13. The second-order valence-corrected chi connectivity index (χ2v) is 8.08. The first kappa shape index (κ1) is 20.3. The summed E-state index contributed by atoms with van der Waals surface area (Å²) in [5, 5.41) is 9.83. The molecule has 1 aromatic rings. The predicted molar refractivity (Wildman–Crippen MR) is 102 cm³/mol. The van der Waals surface area contributed by atoms with Crippen LogP contribution in [-0.4, -0.2) is 68.6 Å². The van der Waals surface area contributed by atoms with Gasteiger partial charge in [-0.3, -0.25) is 19.0 Å². The van der Waals surface area contributed by atoms with Crippen LogP contribution in [0, 0.1) is 5.41 Å². The van der Waals surface area contributed by atoms with Crippen molar-refractivity contribution in [2.75, 3.05) is 26.2 Å². The summed E-state index contributed by atoms with van der Waals surface area (Å²) in [6, 6.07) is -0.589. The summed E-state index contributed by atoms with van der Waals surface area (Å²) in [4.78, 5) is 55.2. The number of aromatic nitrogens is 2. The van der Waals surface area contributed by atoms with E-state index in [1.54, 1.807) is 4.90 Å². The lowest BCUT2D eigenvalue weighted by molar-refractivity contribution is -0.146. The van der Waals surface area contributed by atoms with Gasteiger partial charge in [-0.15, -0.1) is 0 Å². The van der Waals surface area contributed by atoms with Crippen LogP contribution in [0.4, 0.5) is 0 Å². The Bertz CT molecular complexity index is 868. The van der Waals surface area contributed by atoms with Crippen molar-refractivity contribution in [3.63, 3.8) is 0 Å². The number of H-pyrrole nitrogens is 1. The Morgan fingerprint density at radius 3 is 2.54 bits per heavy atom. The Morgan fingerprint density at radius 2 is 1.89 bits per heavy atom. The Balaban J connectivity index is 1.77. The van der Waals surface area contributed by atoms with Crippen LogP contribution in [0.25, 0.3) is 0 Å². The lowest BCUT2D eigenvalue weighted by Crippen LogP contribution is -2.60. The van der Waals surface area contributed by atoms with E-state index < -0.39 is 23.2 Å². The first-order valence-corrected chi connectivity index (χ1v) is 9.78. The van der Waals surface area contributed by atoms with E-state index in [4.69, 9.17) is 0 Å². The van der Waals surface area contributed by atoms with E-state index >= 15 is 0 Å². The summed E-state index contributed by atoms with van der Waals surface area (Å²) in [5.74, 6) is -0.468. The third kappa shape index (κ3) is 3.63. The van der Waals surface area contributed by atoms with E-state index in [1.807, 2.05) is 6.92 Å². The van der Waals surface area contributed by atoms with Crippen molar-refractivity contribution in [2.45, 2.75) is 45.1 Å². The second kappa shape index (κ2) is 7.90. The molecule has 1 saturated carbocycles. The molecular formula is C19H28N4O5. The number of nitrogens with zero attached hydrogens (tertiary/aromatic N) is 3. The third-order valence-corrected chi connectivity index (χ3v) is 6.13. The van der Waals surface area contributed by atoms with Crippen LogP contribution in [-0.2, 0) is 11.8 Å². The highest BCUT2D eigenvalue weighted by Gasteiger charge is 2.41. The zero-order valence-corrected chi connectivity index (χ0v) is 16.4. The average Bonchev–Trinajstić information content (AvgIpc) is 2.71. The zero-order chi connectivity index (χ0) is 20.5. The smallest absolute Gasteiger partial charge is 0.328 e. The number of aromatic amines is 1. The molecule has 0 radical (unpaired) electrons. The van der Waals surface area contributed by atoms with E-state index in [0.29, 0.717) is 6.54 Å². The van der Waals surface area contributed by atoms with Crippen LogP contribution in [0.2, 0.25) is 0 Å². The summed E-state index contributed by atoms with van der Waals surface area (Å²) in [6.45, 7) is 2.52. The highest BCUT2D eigenvalue weighted by molar-refractivity contribution is 5.94. The maximum atomic E-state index is 13.1. The number of hydrogen-bond donors (Lipinski definition) is 2. The Labute approximate surface area is 163 Å². The minimum absolute atomic E-state index is 0.0812. The van der Waals surface area contributed by atoms with Gasteiger partial charge in [-0.25, -0.2) is 4.79 Å². The summed E-state index contributed by atoms with van der Waals surface area (Å²) in [5.41, 5.74) is -1.81. The molecule has 2 heterocycles. The van der Waals surface area contributed by atoms with Gasteiger partial charge < -0.3 is 19.9 Å². The van der Waals surface area contributed by atoms with Crippen molar-refractivity contribution < 1.29 is 14.7 Å². The fourth-order valence-electron chi connectivity index (χ4n) is 4.26. The van der Waals surface area contributed by atoms with Crippen molar-refractivity contribution in [3.8, 4) is 0 Å². The lowest BCUT2D eigenvalue weighted by Gasteiger charge is -2.44. The van der Waals surface area contributed by atoms with Crippen LogP contribution in [0.15, 0.2) is 15.8 Å². The minimum Gasteiger partial charge on any atom is -0.394 e. The van der Waals surface area contributed by atoms with Crippen LogP contribution >= 0.6 is 0 Å². The molecule has 0 bridgehead atoms. The van der Waals surface area contributed by atoms with Crippen molar-refractivity contribution in [2.24, 2.45) is 12.5 Å². The number of carbonyl (C=O) groups is 2. The van der Waals surface area contributed by atoms with Gasteiger partial charge in [-0.2, -0.15) is 0 Å². The van der Waals surface area contributed by atoms with Gasteiger partial charge in [0.1, 0.15) is 5.56 Å². The highest BCUT2D eigenvalue weighted by Crippen LogP contribution is 2.37. The van der Waals surface area contributed by atoms with E-state index in [1.165, 1.54) is 11.9 Å². The van der Waals surface area contributed by atoms with E-state index in [-0.39, 0.29) is 36.6 Å². The maximum absolute atomic E-state index is 13.1. The molecule has 1 aliphatic heterocycles. The van der Waals surface area contributed by atoms with E-state index in [2.05, 4.69) is 4.98 Å². The topological polar surface area (TPSA) is 116 Å². The molecule has 0 spiro atoms. The fraction of sp³-hybridized carbons (Fsp3) is 0.684. The SMILES string of the molecule is Cn1c(=O)[nH]cc(C(=O)N2CCN(C(=O)C3(C)CCCCC3)CC2CO)c1=O. The number of aliphatic hydroxyl groups excluding tert-OH is 1. The summed E-state index contributed by atoms with van der Waals surface area (Å²) >= 11 is 0. The van der Waals surface area contributed by atoms with Gasteiger partial charge in [-0.05, 0) is 12.8 Å². The number of nitrogens with one attached hydrogen (secondary N) is 1. The standard InChI is InChI=1S/C19H28N4O5/c1-19(6-4-3-5-7-19)17(27)22-8-9-23(13(11-22)12-24)16(26)14-10-20-18(28)21(2)15(14)25/h10,13,24H,3-9,11-12H2,1-2H3,(H,20,28). The zero-order valence-electron chi connectivity index (χ0n) is 16.4.